The summed E-state index contributed by atoms with van der Waals surface area (Å²) in [4.78, 5) is 11.8. The largest absolute Gasteiger partial charge is 0.481 e. The van der Waals surface area contributed by atoms with Gasteiger partial charge in [0, 0.05) is 24.3 Å². The van der Waals surface area contributed by atoms with E-state index in [0.29, 0.717) is 6.54 Å². The summed E-state index contributed by atoms with van der Waals surface area (Å²) in [5, 5.41) is 6.21. The molecule has 0 bridgehead atoms. The number of amides is 1. The summed E-state index contributed by atoms with van der Waals surface area (Å²) in [5.74, 6) is 0.770. The van der Waals surface area contributed by atoms with Gasteiger partial charge in [0.2, 0.25) is 0 Å². The maximum atomic E-state index is 11.8. The van der Waals surface area contributed by atoms with Crippen LogP contribution in [0.25, 0.3) is 0 Å². The van der Waals surface area contributed by atoms with Crippen molar-refractivity contribution in [1.82, 2.24) is 5.32 Å². The molecular weight excluding hydrogens is 240 g/mol. The van der Waals surface area contributed by atoms with Gasteiger partial charge in [-0.2, -0.15) is 0 Å². The first-order chi connectivity index (χ1) is 9.22. The van der Waals surface area contributed by atoms with Crippen LogP contribution in [0.3, 0.4) is 0 Å². The predicted molar refractivity (Wildman–Crippen MR) is 76.6 cm³/mol. The Labute approximate surface area is 114 Å². The first-order valence-electron chi connectivity index (χ1n) is 7.02. The minimum Gasteiger partial charge on any atom is -0.481 e. The van der Waals surface area contributed by atoms with Crippen LogP contribution in [0.15, 0.2) is 18.2 Å². The summed E-state index contributed by atoms with van der Waals surface area (Å²) in [5.41, 5.74) is 2.31. The van der Waals surface area contributed by atoms with Crippen molar-refractivity contribution < 1.29 is 9.53 Å². The Morgan fingerprint density at radius 3 is 3.16 bits per heavy atom. The van der Waals surface area contributed by atoms with E-state index in [0.717, 1.165) is 37.2 Å². The van der Waals surface area contributed by atoms with Crippen molar-refractivity contribution >= 4 is 11.6 Å². The third-order valence-corrected chi connectivity index (χ3v) is 3.27. The van der Waals surface area contributed by atoms with Gasteiger partial charge in [-0.05, 0) is 38.3 Å². The molecule has 0 saturated heterocycles. The molecule has 0 fully saturated rings. The Hall–Kier alpha value is -1.71. The van der Waals surface area contributed by atoms with Crippen LogP contribution in [0.5, 0.6) is 5.75 Å². The van der Waals surface area contributed by atoms with Gasteiger partial charge in [-0.15, -0.1) is 0 Å². The molecule has 1 heterocycles. The van der Waals surface area contributed by atoms with Crippen molar-refractivity contribution in [2.24, 2.45) is 0 Å². The third kappa shape index (κ3) is 3.40. The molecule has 1 aliphatic rings. The fourth-order valence-electron chi connectivity index (χ4n) is 2.22. The average molecular weight is 262 g/mol. The zero-order valence-electron chi connectivity index (χ0n) is 11.7. The van der Waals surface area contributed by atoms with Gasteiger partial charge >= 0.3 is 0 Å². The fraction of sp³-hybridized carbons (Fsp3) is 0.533. The van der Waals surface area contributed by atoms with Crippen LogP contribution in [-0.4, -0.2) is 25.1 Å². The highest BCUT2D eigenvalue weighted by molar-refractivity contribution is 5.80. The Morgan fingerprint density at radius 1 is 1.53 bits per heavy atom. The van der Waals surface area contributed by atoms with Crippen LogP contribution in [0, 0.1) is 0 Å². The number of benzene rings is 1. The second-order valence-corrected chi connectivity index (χ2v) is 4.86. The molecule has 1 unspecified atom stereocenters. The first-order valence-corrected chi connectivity index (χ1v) is 7.02. The van der Waals surface area contributed by atoms with E-state index < -0.39 is 6.10 Å². The van der Waals surface area contributed by atoms with Crippen molar-refractivity contribution in [3.8, 4) is 5.75 Å². The molecule has 1 atom stereocenters. The van der Waals surface area contributed by atoms with E-state index in [1.165, 1.54) is 5.56 Å². The highest BCUT2D eigenvalue weighted by atomic mass is 16.5. The molecular formula is C15H22N2O2. The first kappa shape index (κ1) is 13.7. The second-order valence-electron chi connectivity index (χ2n) is 4.86. The number of fused-ring (bicyclic) bond motifs is 1. The van der Waals surface area contributed by atoms with Crippen molar-refractivity contribution in [3.05, 3.63) is 23.8 Å². The van der Waals surface area contributed by atoms with Gasteiger partial charge in [0.25, 0.3) is 5.91 Å². The molecule has 1 aliphatic heterocycles. The van der Waals surface area contributed by atoms with E-state index in [-0.39, 0.29) is 5.91 Å². The van der Waals surface area contributed by atoms with E-state index in [1.54, 1.807) is 6.92 Å². The molecule has 0 saturated carbocycles. The van der Waals surface area contributed by atoms with Crippen molar-refractivity contribution in [2.45, 2.75) is 39.2 Å². The molecule has 2 rings (SSSR count). The van der Waals surface area contributed by atoms with Crippen molar-refractivity contribution in [2.75, 3.05) is 18.4 Å². The van der Waals surface area contributed by atoms with Gasteiger partial charge < -0.3 is 15.4 Å². The maximum Gasteiger partial charge on any atom is 0.260 e. The van der Waals surface area contributed by atoms with Crippen LogP contribution in [-0.2, 0) is 11.2 Å². The molecule has 104 valence electrons. The van der Waals surface area contributed by atoms with Gasteiger partial charge in [0.1, 0.15) is 5.75 Å². The number of hydrogen-bond acceptors (Lipinski definition) is 3. The average Bonchev–Trinajstić information content (AvgIpc) is 2.45. The second kappa shape index (κ2) is 6.45. The van der Waals surface area contributed by atoms with E-state index in [4.69, 9.17) is 4.74 Å². The molecule has 0 spiro atoms. The Kier molecular flexibility index (Phi) is 4.66. The summed E-state index contributed by atoms with van der Waals surface area (Å²) in [6.45, 7) is 5.52. The maximum absolute atomic E-state index is 11.8. The molecule has 2 N–H and O–H groups in total. The Balaban J connectivity index is 2.04. The van der Waals surface area contributed by atoms with Crippen molar-refractivity contribution in [3.63, 3.8) is 0 Å². The van der Waals surface area contributed by atoms with Crippen molar-refractivity contribution in [1.29, 1.82) is 0 Å². The number of nitrogens with one attached hydrogen (secondary N) is 2. The van der Waals surface area contributed by atoms with Gasteiger partial charge in [-0.3, -0.25) is 4.79 Å². The molecule has 0 aromatic heterocycles. The lowest BCUT2D eigenvalue weighted by Crippen LogP contribution is -2.36. The summed E-state index contributed by atoms with van der Waals surface area (Å²) in [6.07, 6.45) is 2.58. The van der Waals surface area contributed by atoms with Gasteiger partial charge in [-0.25, -0.2) is 0 Å². The summed E-state index contributed by atoms with van der Waals surface area (Å²) >= 11 is 0. The zero-order chi connectivity index (χ0) is 13.7. The summed E-state index contributed by atoms with van der Waals surface area (Å²) < 4.78 is 5.82. The van der Waals surface area contributed by atoms with Crippen LogP contribution in [0.2, 0.25) is 0 Å². The zero-order valence-corrected chi connectivity index (χ0v) is 11.7. The number of ether oxygens (including phenoxy) is 1. The smallest absolute Gasteiger partial charge is 0.260 e. The predicted octanol–water partition coefficient (Wildman–Crippen LogP) is 2.34. The lowest BCUT2D eigenvalue weighted by molar-refractivity contribution is -0.127. The SMILES string of the molecule is CCCNC(=O)C(C)Oc1cccc2c1CCCN2. The van der Waals surface area contributed by atoms with Crippen LogP contribution in [0.1, 0.15) is 32.3 Å². The number of anilines is 1. The van der Waals surface area contributed by atoms with Crippen LogP contribution < -0.4 is 15.4 Å². The van der Waals surface area contributed by atoms with E-state index in [9.17, 15) is 4.79 Å². The Morgan fingerprint density at radius 2 is 2.37 bits per heavy atom. The summed E-state index contributed by atoms with van der Waals surface area (Å²) in [7, 11) is 0. The number of carbonyl (C=O) groups is 1. The van der Waals surface area contributed by atoms with Crippen LogP contribution >= 0.6 is 0 Å². The van der Waals surface area contributed by atoms with E-state index in [1.807, 2.05) is 19.1 Å². The highest BCUT2D eigenvalue weighted by Gasteiger charge is 2.18. The summed E-state index contributed by atoms with van der Waals surface area (Å²) in [6, 6.07) is 5.96. The molecule has 0 radical (unpaired) electrons. The quantitative estimate of drug-likeness (QED) is 0.856. The molecule has 1 amide bonds. The molecule has 1 aromatic rings. The van der Waals surface area contributed by atoms with Gasteiger partial charge in [0.15, 0.2) is 6.10 Å². The van der Waals surface area contributed by atoms with Gasteiger partial charge in [-0.1, -0.05) is 13.0 Å². The fourth-order valence-corrected chi connectivity index (χ4v) is 2.22. The van der Waals surface area contributed by atoms with E-state index >= 15 is 0 Å². The molecule has 4 heteroatoms. The standard InChI is InChI=1S/C15H22N2O2/c1-3-9-17-15(18)11(2)19-14-8-4-7-13-12(14)6-5-10-16-13/h4,7-8,11,16H,3,5-6,9-10H2,1-2H3,(H,17,18). The molecule has 1 aromatic carbocycles. The third-order valence-electron chi connectivity index (χ3n) is 3.27. The van der Waals surface area contributed by atoms with Crippen LogP contribution in [0.4, 0.5) is 5.69 Å². The minimum absolute atomic E-state index is 0.0526. The number of carbonyl (C=O) groups excluding carboxylic acids is 1. The normalized spacial score (nSPS) is 15.1. The Bertz CT molecular complexity index is 446. The van der Waals surface area contributed by atoms with E-state index in [2.05, 4.69) is 16.7 Å². The number of rotatable bonds is 5. The molecule has 4 nitrogen and oxygen atoms in total. The molecule has 19 heavy (non-hydrogen) atoms. The molecule has 0 aliphatic carbocycles. The monoisotopic (exact) mass is 262 g/mol. The minimum atomic E-state index is -0.458. The highest BCUT2D eigenvalue weighted by Crippen LogP contribution is 2.31. The topological polar surface area (TPSA) is 50.4 Å². The lowest BCUT2D eigenvalue weighted by atomic mass is 10.0. The lowest BCUT2D eigenvalue weighted by Gasteiger charge is -2.23. The number of hydrogen-bond donors (Lipinski definition) is 2. The van der Waals surface area contributed by atoms with Gasteiger partial charge in [0.05, 0.1) is 0 Å².